The predicted molar refractivity (Wildman–Crippen MR) is 140 cm³/mol. The second kappa shape index (κ2) is 7.61. The monoisotopic (exact) mass is 468 g/mol. The van der Waals surface area contributed by atoms with E-state index >= 15 is 0 Å². The summed E-state index contributed by atoms with van der Waals surface area (Å²) in [5, 5.41) is 0. The van der Waals surface area contributed by atoms with Gasteiger partial charge >= 0.3 is 5.97 Å². The Balaban J connectivity index is 1.55. The lowest BCUT2D eigenvalue weighted by molar-refractivity contribution is -0.213. The number of carbonyl (C=O) groups excluding carboxylic acids is 1. The van der Waals surface area contributed by atoms with Crippen LogP contribution in [0.3, 0.4) is 0 Å². The summed E-state index contributed by atoms with van der Waals surface area (Å²) in [7, 11) is 0. The number of carbonyl (C=O) groups is 1. The van der Waals surface area contributed by atoms with Crippen LogP contribution in [0.4, 0.5) is 0 Å². The van der Waals surface area contributed by atoms with Crippen molar-refractivity contribution >= 4 is 5.97 Å². The van der Waals surface area contributed by atoms with Crippen molar-refractivity contribution < 1.29 is 9.53 Å². The number of esters is 1. The van der Waals surface area contributed by atoms with Gasteiger partial charge in [0.2, 0.25) is 0 Å². The van der Waals surface area contributed by atoms with E-state index in [1.807, 2.05) is 11.1 Å². The lowest BCUT2D eigenvalue weighted by Gasteiger charge is -2.71. The van der Waals surface area contributed by atoms with E-state index in [4.69, 9.17) is 4.74 Å². The Morgan fingerprint density at radius 1 is 0.824 bits per heavy atom. The van der Waals surface area contributed by atoms with E-state index < -0.39 is 0 Å². The average Bonchev–Trinajstić information content (AvgIpc) is 2.74. The molecule has 4 fully saturated rings. The highest BCUT2D eigenvalue weighted by atomic mass is 16.5. The molecule has 2 heteroatoms. The number of allylic oxidation sites excluding steroid dienone is 2. The Morgan fingerprint density at radius 3 is 2.21 bits per heavy atom. The zero-order valence-corrected chi connectivity index (χ0v) is 23.8. The third-order valence-electron chi connectivity index (χ3n) is 13.5. The normalized spacial score (nSPS) is 52.1. The topological polar surface area (TPSA) is 26.3 Å². The standard InChI is InChI=1S/C32H52O2/c1-20-12-15-29(6)18-19-31(8)23(27(29)21(20)2)10-11-25-30(7)16-14-26(34-22(3)33)28(4,5)24(30)13-17-32(25,31)9/h20-21,24-26H,10-19H2,1-9H3/t20-,21+,24-,25+,26+,29-,30+,31-,32-/m1/s1. The summed E-state index contributed by atoms with van der Waals surface area (Å²) in [6.45, 7) is 22.1. The molecule has 192 valence electrons. The van der Waals surface area contributed by atoms with Crippen molar-refractivity contribution in [2.75, 3.05) is 0 Å². The van der Waals surface area contributed by atoms with Gasteiger partial charge in [0.25, 0.3) is 0 Å². The first kappa shape index (κ1) is 24.9. The molecule has 5 rings (SSSR count). The number of hydrogen-bond donors (Lipinski definition) is 0. The maximum atomic E-state index is 11.9. The van der Waals surface area contributed by atoms with Crippen LogP contribution < -0.4 is 0 Å². The quantitative estimate of drug-likeness (QED) is 0.284. The van der Waals surface area contributed by atoms with Crippen molar-refractivity contribution in [3.8, 4) is 0 Å². The third-order valence-corrected chi connectivity index (χ3v) is 13.5. The van der Waals surface area contributed by atoms with Gasteiger partial charge in [-0.2, -0.15) is 0 Å². The van der Waals surface area contributed by atoms with Gasteiger partial charge < -0.3 is 4.74 Å². The molecule has 0 bridgehead atoms. The zero-order valence-electron chi connectivity index (χ0n) is 23.8. The molecule has 0 N–H and O–H groups in total. The van der Waals surface area contributed by atoms with Gasteiger partial charge in [0.05, 0.1) is 0 Å². The zero-order chi connectivity index (χ0) is 24.9. The highest BCUT2D eigenvalue weighted by Gasteiger charge is 2.67. The molecular weight excluding hydrogens is 416 g/mol. The Morgan fingerprint density at radius 2 is 1.53 bits per heavy atom. The first-order valence-electron chi connectivity index (χ1n) is 14.6. The van der Waals surface area contributed by atoms with Gasteiger partial charge in [-0.05, 0) is 110 Å². The van der Waals surface area contributed by atoms with Crippen LogP contribution in [0.15, 0.2) is 11.1 Å². The van der Waals surface area contributed by atoms with Crippen molar-refractivity contribution in [1.82, 2.24) is 0 Å². The molecule has 5 aliphatic rings. The largest absolute Gasteiger partial charge is 0.462 e. The lowest BCUT2D eigenvalue weighted by Crippen LogP contribution is -2.64. The number of hydrogen-bond acceptors (Lipinski definition) is 2. The van der Waals surface area contributed by atoms with E-state index in [1.165, 1.54) is 57.8 Å². The minimum Gasteiger partial charge on any atom is -0.462 e. The highest BCUT2D eigenvalue weighted by molar-refractivity contribution is 5.66. The van der Waals surface area contributed by atoms with Crippen molar-refractivity contribution in [3.63, 3.8) is 0 Å². The molecule has 9 atom stereocenters. The maximum absolute atomic E-state index is 11.9. The SMILES string of the molecule is CC(=O)O[C@H]1CC[C@@]2(C)[C@H](CC[C@]3(C)[C@H]2CCC2=C4[C@@H](C)[C@H](C)CC[C@]4(C)CC[C@]23C)C1(C)C. The van der Waals surface area contributed by atoms with Crippen LogP contribution in [0.2, 0.25) is 0 Å². The fraction of sp³-hybridized carbons (Fsp3) is 0.906. The summed E-state index contributed by atoms with van der Waals surface area (Å²) < 4.78 is 5.91. The van der Waals surface area contributed by atoms with Gasteiger partial charge in [0, 0.05) is 12.3 Å². The molecule has 0 aromatic rings. The first-order chi connectivity index (χ1) is 15.7. The summed E-state index contributed by atoms with van der Waals surface area (Å²) >= 11 is 0. The van der Waals surface area contributed by atoms with Crippen LogP contribution in [0.25, 0.3) is 0 Å². The first-order valence-corrected chi connectivity index (χ1v) is 14.6. The molecule has 5 aliphatic carbocycles. The van der Waals surface area contributed by atoms with Crippen LogP contribution in [-0.2, 0) is 9.53 Å². The van der Waals surface area contributed by atoms with Gasteiger partial charge in [0.1, 0.15) is 6.10 Å². The second-order valence-corrected chi connectivity index (χ2v) is 15.2. The van der Waals surface area contributed by atoms with E-state index in [0.717, 1.165) is 24.2 Å². The van der Waals surface area contributed by atoms with E-state index in [1.54, 1.807) is 6.92 Å². The minimum atomic E-state index is -0.107. The molecule has 0 aromatic heterocycles. The smallest absolute Gasteiger partial charge is 0.302 e. The molecule has 0 unspecified atom stereocenters. The fourth-order valence-corrected chi connectivity index (χ4v) is 11.2. The van der Waals surface area contributed by atoms with Crippen molar-refractivity contribution in [2.45, 2.75) is 133 Å². The summed E-state index contributed by atoms with van der Waals surface area (Å²) in [6.07, 6.45) is 13.2. The maximum Gasteiger partial charge on any atom is 0.302 e. The number of fused-ring (bicyclic) bond motifs is 6. The Bertz CT molecular complexity index is 899. The van der Waals surface area contributed by atoms with Gasteiger partial charge in [0.15, 0.2) is 0 Å². The molecule has 0 heterocycles. The van der Waals surface area contributed by atoms with Gasteiger partial charge in [-0.1, -0.05) is 66.5 Å². The Kier molecular flexibility index (Phi) is 5.57. The van der Waals surface area contributed by atoms with E-state index in [-0.39, 0.29) is 17.5 Å². The van der Waals surface area contributed by atoms with E-state index in [9.17, 15) is 4.79 Å². The Hall–Kier alpha value is -0.790. The summed E-state index contributed by atoms with van der Waals surface area (Å²) in [5.74, 6) is 2.88. The molecule has 0 aromatic carbocycles. The molecule has 0 radical (unpaired) electrons. The minimum absolute atomic E-state index is 0.0537. The second-order valence-electron chi connectivity index (χ2n) is 15.2. The van der Waals surface area contributed by atoms with Crippen molar-refractivity contribution in [3.05, 3.63) is 11.1 Å². The third kappa shape index (κ3) is 3.08. The summed E-state index contributed by atoms with van der Waals surface area (Å²) in [6, 6.07) is 0. The van der Waals surface area contributed by atoms with Gasteiger partial charge in [-0.25, -0.2) is 0 Å². The molecule has 4 saturated carbocycles. The van der Waals surface area contributed by atoms with Gasteiger partial charge in [-0.15, -0.1) is 0 Å². The summed E-state index contributed by atoms with van der Waals surface area (Å²) in [4.78, 5) is 11.9. The van der Waals surface area contributed by atoms with Crippen LogP contribution >= 0.6 is 0 Å². The number of rotatable bonds is 1. The molecular formula is C32H52O2. The fourth-order valence-electron chi connectivity index (χ4n) is 11.2. The van der Waals surface area contributed by atoms with Crippen molar-refractivity contribution in [2.24, 2.45) is 50.7 Å². The average molecular weight is 469 g/mol. The highest BCUT2D eigenvalue weighted by Crippen LogP contribution is 2.75. The van der Waals surface area contributed by atoms with Crippen LogP contribution in [0, 0.1) is 50.7 Å². The lowest BCUT2D eigenvalue weighted by atomic mass is 9.34. The molecule has 0 saturated heterocycles. The predicted octanol–water partition coefficient (Wildman–Crippen LogP) is 8.74. The molecule has 2 nitrogen and oxygen atoms in total. The molecule has 34 heavy (non-hydrogen) atoms. The van der Waals surface area contributed by atoms with Crippen LogP contribution in [-0.4, -0.2) is 12.1 Å². The number of ether oxygens (including phenoxy) is 1. The van der Waals surface area contributed by atoms with Crippen molar-refractivity contribution in [1.29, 1.82) is 0 Å². The summed E-state index contributed by atoms with van der Waals surface area (Å²) in [5.41, 5.74) is 5.40. The van der Waals surface area contributed by atoms with Crippen LogP contribution in [0.5, 0.6) is 0 Å². The van der Waals surface area contributed by atoms with E-state index in [2.05, 4.69) is 55.4 Å². The van der Waals surface area contributed by atoms with E-state index in [0.29, 0.717) is 27.6 Å². The molecule has 0 spiro atoms. The molecule has 0 amide bonds. The Labute approximate surface area is 210 Å². The van der Waals surface area contributed by atoms with Gasteiger partial charge in [-0.3, -0.25) is 4.79 Å². The molecule has 0 aliphatic heterocycles. The van der Waals surface area contributed by atoms with Crippen LogP contribution in [0.1, 0.15) is 127 Å².